The van der Waals surface area contributed by atoms with Crippen molar-refractivity contribution in [3.8, 4) is 0 Å². The Balaban J connectivity index is 1.77. The van der Waals surface area contributed by atoms with Gasteiger partial charge in [0, 0.05) is 35.5 Å². The molecule has 2 nitrogen and oxygen atoms in total. The smallest absolute Gasteiger partial charge is 0.0402 e. The fourth-order valence-corrected chi connectivity index (χ4v) is 3.11. The number of hydrogen-bond acceptors (Lipinski definition) is 3. The van der Waals surface area contributed by atoms with Crippen LogP contribution in [0.1, 0.15) is 17.0 Å². The van der Waals surface area contributed by atoms with E-state index in [1.807, 2.05) is 24.5 Å². The summed E-state index contributed by atoms with van der Waals surface area (Å²) in [6.07, 6.45) is 5.37. The molecule has 0 radical (unpaired) electrons. The quantitative estimate of drug-likeness (QED) is 0.813. The van der Waals surface area contributed by atoms with E-state index in [2.05, 4.69) is 45.6 Å². The molecule has 0 atom stereocenters. The van der Waals surface area contributed by atoms with Crippen molar-refractivity contribution in [1.29, 1.82) is 0 Å². The number of nitrogens with zero attached hydrogens (tertiary/aromatic N) is 2. The highest BCUT2D eigenvalue weighted by Crippen LogP contribution is 2.28. The molecule has 0 fully saturated rings. The number of anilines is 1. The standard InChI is InChI=1S/C15H16N2S/c1-12-11-14(4-7-16-12)17-8-5-13(6-9-17)15-3-2-10-18-15/h2-5,7,10-11H,6,8-9H2,1H3. The molecule has 0 saturated heterocycles. The van der Waals surface area contributed by atoms with E-state index in [0.717, 1.165) is 25.2 Å². The number of pyridine rings is 1. The van der Waals surface area contributed by atoms with Crippen molar-refractivity contribution in [2.24, 2.45) is 0 Å². The first-order valence-electron chi connectivity index (χ1n) is 6.23. The number of thiophene rings is 1. The van der Waals surface area contributed by atoms with Gasteiger partial charge in [-0.25, -0.2) is 0 Å². The fourth-order valence-electron chi connectivity index (χ4n) is 2.32. The lowest BCUT2D eigenvalue weighted by Crippen LogP contribution is -2.28. The van der Waals surface area contributed by atoms with Gasteiger partial charge in [0.2, 0.25) is 0 Å². The van der Waals surface area contributed by atoms with Gasteiger partial charge in [-0.2, -0.15) is 0 Å². The van der Waals surface area contributed by atoms with E-state index in [-0.39, 0.29) is 0 Å². The van der Waals surface area contributed by atoms with Crippen LogP contribution in [0.25, 0.3) is 5.57 Å². The highest BCUT2D eigenvalue weighted by molar-refractivity contribution is 7.11. The van der Waals surface area contributed by atoms with Gasteiger partial charge in [0.05, 0.1) is 0 Å². The Morgan fingerprint density at radius 3 is 2.94 bits per heavy atom. The van der Waals surface area contributed by atoms with Gasteiger partial charge in [-0.3, -0.25) is 4.98 Å². The van der Waals surface area contributed by atoms with Crippen LogP contribution in [0.3, 0.4) is 0 Å². The van der Waals surface area contributed by atoms with E-state index in [9.17, 15) is 0 Å². The largest absolute Gasteiger partial charge is 0.367 e. The average Bonchev–Trinajstić information content (AvgIpc) is 2.93. The van der Waals surface area contributed by atoms with Crippen molar-refractivity contribution in [3.63, 3.8) is 0 Å². The Morgan fingerprint density at radius 1 is 1.33 bits per heavy atom. The van der Waals surface area contributed by atoms with Gasteiger partial charge < -0.3 is 4.90 Å². The average molecular weight is 256 g/mol. The van der Waals surface area contributed by atoms with Crippen molar-refractivity contribution in [1.82, 2.24) is 4.98 Å². The summed E-state index contributed by atoms with van der Waals surface area (Å²) >= 11 is 1.83. The van der Waals surface area contributed by atoms with E-state index in [4.69, 9.17) is 0 Å². The summed E-state index contributed by atoms with van der Waals surface area (Å²) in [5.41, 5.74) is 3.86. The topological polar surface area (TPSA) is 16.1 Å². The predicted molar refractivity (Wildman–Crippen MR) is 78.1 cm³/mol. The predicted octanol–water partition coefficient (Wildman–Crippen LogP) is 3.75. The van der Waals surface area contributed by atoms with Crippen molar-refractivity contribution < 1.29 is 0 Å². The summed E-state index contributed by atoms with van der Waals surface area (Å²) in [4.78, 5) is 8.08. The SMILES string of the molecule is Cc1cc(N2CC=C(c3cccs3)CC2)ccn1. The second-order valence-electron chi connectivity index (χ2n) is 4.56. The summed E-state index contributed by atoms with van der Waals surface area (Å²) in [5, 5.41) is 2.15. The molecule has 2 aromatic heterocycles. The molecule has 0 aromatic carbocycles. The van der Waals surface area contributed by atoms with Crippen LogP contribution < -0.4 is 4.90 Å². The highest BCUT2D eigenvalue weighted by atomic mass is 32.1. The Bertz CT molecular complexity index is 558. The van der Waals surface area contributed by atoms with Crippen molar-refractivity contribution in [2.45, 2.75) is 13.3 Å². The van der Waals surface area contributed by atoms with Gasteiger partial charge in [-0.05, 0) is 42.5 Å². The molecular formula is C15H16N2S. The molecule has 1 aliphatic rings. The molecule has 0 spiro atoms. The first-order valence-corrected chi connectivity index (χ1v) is 7.11. The molecular weight excluding hydrogens is 240 g/mol. The van der Waals surface area contributed by atoms with E-state index < -0.39 is 0 Å². The minimum atomic E-state index is 0.997. The molecule has 0 aliphatic carbocycles. The fraction of sp³-hybridized carbons (Fsp3) is 0.267. The van der Waals surface area contributed by atoms with Crippen LogP contribution in [-0.2, 0) is 0 Å². The third-order valence-electron chi connectivity index (χ3n) is 3.29. The van der Waals surface area contributed by atoms with E-state index in [0.29, 0.717) is 0 Å². The van der Waals surface area contributed by atoms with Crippen LogP contribution in [-0.4, -0.2) is 18.1 Å². The molecule has 1 aliphatic heterocycles. The lowest BCUT2D eigenvalue weighted by atomic mass is 10.1. The van der Waals surface area contributed by atoms with Crippen molar-refractivity contribution >= 4 is 22.6 Å². The molecule has 0 amide bonds. The van der Waals surface area contributed by atoms with Gasteiger partial charge in [-0.15, -0.1) is 11.3 Å². The zero-order valence-corrected chi connectivity index (χ0v) is 11.3. The first kappa shape index (κ1) is 11.5. The van der Waals surface area contributed by atoms with E-state index in [1.54, 1.807) is 0 Å². The molecule has 0 bridgehead atoms. The molecule has 0 N–H and O–H groups in total. The van der Waals surface area contributed by atoms with Crippen LogP contribution in [0.4, 0.5) is 5.69 Å². The van der Waals surface area contributed by atoms with E-state index in [1.165, 1.54) is 16.1 Å². The highest BCUT2D eigenvalue weighted by Gasteiger charge is 2.13. The Hall–Kier alpha value is -1.61. The molecule has 3 heteroatoms. The third kappa shape index (κ3) is 2.31. The summed E-state index contributed by atoms with van der Waals surface area (Å²) < 4.78 is 0. The molecule has 0 unspecified atom stereocenters. The number of aromatic nitrogens is 1. The maximum Gasteiger partial charge on any atom is 0.0402 e. The molecule has 2 aromatic rings. The maximum atomic E-state index is 4.25. The van der Waals surface area contributed by atoms with Gasteiger partial charge in [0.15, 0.2) is 0 Å². The van der Waals surface area contributed by atoms with Crippen molar-refractivity contribution in [2.75, 3.05) is 18.0 Å². The van der Waals surface area contributed by atoms with Gasteiger partial charge in [-0.1, -0.05) is 12.1 Å². The third-order valence-corrected chi connectivity index (χ3v) is 4.24. The van der Waals surface area contributed by atoms with Crippen LogP contribution >= 0.6 is 11.3 Å². The Morgan fingerprint density at radius 2 is 2.28 bits per heavy atom. The molecule has 3 heterocycles. The lowest BCUT2D eigenvalue weighted by Gasteiger charge is -2.28. The minimum Gasteiger partial charge on any atom is -0.367 e. The van der Waals surface area contributed by atoms with Crippen molar-refractivity contribution in [3.05, 3.63) is 52.5 Å². The first-order chi connectivity index (χ1) is 8.83. The van der Waals surface area contributed by atoms with Gasteiger partial charge >= 0.3 is 0 Å². The van der Waals surface area contributed by atoms with E-state index >= 15 is 0 Å². The number of hydrogen-bond donors (Lipinski definition) is 0. The normalized spacial score (nSPS) is 15.6. The maximum absolute atomic E-state index is 4.25. The zero-order chi connectivity index (χ0) is 12.4. The molecule has 3 rings (SSSR count). The summed E-state index contributed by atoms with van der Waals surface area (Å²) in [6, 6.07) is 8.59. The molecule has 92 valence electrons. The zero-order valence-electron chi connectivity index (χ0n) is 10.5. The minimum absolute atomic E-state index is 0.997. The second kappa shape index (κ2) is 4.94. The Kier molecular flexibility index (Phi) is 3.15. The summed E-state index contributed by atoms with van der Waals surface area (Å²) in [6.45, 7) is 4.13. The summed E-state index contributed by atoms with van der Waals surface area (Å²) in [7, 11) is 0. The molecule has 0 saturated carbocycles. The number of aryl methyl sites for hydroxylation is 1. The van der Waals surface area contributed by atoms with Gasteiger partial charge in [0.25, 0.3) is 0 Å². The Labute approximate surface area is 112 Å². The van der Waals surface area contributed by atoms with Gasteiger partial charge in [0.1, 0.15) is 0 Å². The van der Waals surface area contributed by atoms with Crippen LogP contribution in [0, 0.1) is 6.92 Å². The summed E-state index contributed by atoms with van der Waals surface area (Å²) in [5.74, 6) is 0. The second-order valence-corrected chi connectivity index (χ2v) is 5.51. The van der Waals surface area contributed by atoms with Crippen LogP contribution in [0.15, 0.2) is 41.9 Å². The van der Waals surface area contributed by atoms with Crippen LogP contribution in [0.5, 0.6) is 0 Å². The number of rotatable bonds is 2. The van der Waals surface area contributed by atoms with Crippen LogP contribution in [0.2, 0.25) is 0 Å². The lowest BCUT2D eigenvalue weighted by molar-refractivity contribution is 0.832. The molecule has 18 heavy (non-hydrogen) atoms. The monoisotopic (exact) mass is 256 g/mol.